The summed E-state index contributed by atoms with van der Waals surface area (Å²) in [4.78, 5) is 0. The minimum Gasteiger partial charge on any atom is -0.166 e. The molecule has 0 heterocycles. The van der Waals surface area contributed by atoms with E-state index in [0.717, 1.165) is 39.2 Å². The summed E-state index contributed by atoms with van der Waals surface area (Å²) in [6.45, 7) is 0. The third kappa shape index (κ3) is 3.87. The van der Waals surface area contributed by atoms with Crippen LogP contribution >= 0.6 is 11.6 Å². The average molecular weight is 525 g/mol. The van der Waals surface area contributed by atoms with Gasteiger partial charge in [-0.2, -0.15) is 26.3 Å². The van der Waals surface area contributed by atoms with Crippen LogP contribution in [0.25, 0.3) is 54.6 Å². The molecule has 0 saturated heterocycles. The van der Waals surface area contributed by atoms with Gasteiger partial charge >= 0.3 is 12.4 Å². The molecule has 0 spiro atoms. The van der Waals surface area contributed by atoms with Gasteiger partial charge in [0.25, 0.3) is 0 Å². The van der Waals surface area contributed by atoms with Gasteiger partial charge in [-0.15, -0.1) is 0 Å². The highest BCUT2D eigenvalue weighted by atomic mass is 35.5. The number of benzene rings is 6. The Morgan fingerprint density at radius 2 is 1.08 bits per heavy atom. The first kappa shape index (κ1) is 23.6. The van der Waals surface area contributed by atoms with E-state index in [9.17, 15) is 26.3 Å². The van der Waals surface area contributed by atoms with E-state index in [0.29, 0.717) is 21.4 Å². The SMILES string of the molecule is FC(F)(F)c1cc(-c2cc3c(-c4ccccc4Cl)ccc4ccc5cccc2c5c43)cc(C(F)(F)F)c1. The first-order valence-electron chi connectivity index (χ1n) is 11.3. The van der Waals surface area contributed by atoms with Gasteiger partial charge in [0, 0.05) is 10.6 Å². The lowest BCUT2D eigenvalue weighted by Gasteiger charge is -2.19. The predicted molar refractivity (Wildman–Crippen MR) is 136 cm³/mol. The van der Waals surface area contributed by atoms with Gasteiger partial charge in [-0.3, -0.25) is 0 Å². The zero-order valence-corrected chi connectivity index (χ0v) is 19.6. The van der Waals surface area contributed by atoms with Crippen LogP contribution in [-0.2, 0) is 12.4 Å². The summed E-state index contributed by atoms with van der Waals surface area (Å²) >= 11 is 6.50. The number of alkyl halides is 6. The minimum atomic E-state index is -4.95. The van der Waals surface area contributed by atoms with Gasteiger partial charge in [0.05, 0.1) is 11.1 Å². The van der Waals surface area contributed by atoms with Crippen LogP contribution in [0.15, 0.2) is 91.0 Å². The fourth-order valence-corrected chi connectivity index (χ4v) is 5.32. The molecule has 7 heteroatoms. The molecular weight excluding hydrogens is 510 g/mol. The molecule has 0 N–H and O–H groups in total. The van der Waals surface area contributed by atoms with Gasteiger partial charge in [-0.25, -0.2) is 0 Å². The van der Waals surface area contributed by atoms with E-state index in [1.54, 1.807) is 30.3 Å². The topological polar surface area (TPSA) is 0 Å². The largest absolute Gasteiger partial charge is 0.416 e. The van der Waals surface area contributed by atoms with E-state index in [2.05, 4.69) is 0 Å². The maximum absolute atomic E-state index is 13.7. The van der Waals surface area contributed by atoms with Crippen molar-refractivity contribution in [2.24, 2.45) is 0 Å². The summed E-state index contributed by atoms with van der Waals surface area (Å²) in [6, 6.07) is 23.6. The summed E-state index contributed by atoms with van der Waals surface area (Å²) in [6.07, 6.45) is -9.89. The zero-order valence-electron chi connectivity index (χ0n) is 18.8. The molecule has 0 amide bonds. The molecule has 6 rings (SSSR count). The third-order valence-corrected chi connectivity index (χ3v) is 7.04. The molecule has 37 heavy (non-hydrogen) atoms. The first-order chi connectivity index (χ1) is 17.5. The summed E-state index contributed by atoms with van der Waals surface area (Å²) in [5.41, 5.74) is -1.13. The van der Waals surface area contributed by atoms with Gasteiger partial charge < -0.3 is 0 Å². The van der Waals surface area contributed by atoms with Crippen molar-refractivity contribution >= 4 is 43.9 Å². The van der Waals surface area contributed by atoms with Gasteiger partial charge in [0.1, 0.15) is 0 Å². The van der Waals surface area contributed by atoms with Crippen molar-refractivity contribution in [1.82, 2.24) is 0 Å². The molecule has 0 aliphatic rings. The van der Waals surface area contributed by atoms with Crippen molar-refractivity contribution in [1.29, 1.82) is 0 Å². The van der Waals surface area contributed by atoms with Gasteiger partial charge in [0.2, 0.25) is 0 Å². The van der Waals surface area contributed by atoms with Crippen molar-refractivity contribution in [2.45, 2.75) is 12.4 Å². The summed E-state index contributed by atoms with van der Waals surface area (Å²) in [5, 5.41) is 5.12. The standard InChI is InChI=1S/C30H15ClF6/c31-26-7-2-1-5-22(26)21-11-10-17-9-8-16-4-3-6-23-24(15-25(21)28(17)27(16)23)18-12-19(29(32,33)34)14-20(13-18)30(35,36)37/h1-15H. The minimum absolute atomic E-state index is 0.150. The summed E-state index contributed by atoms with van der Waals surface area (Å²) in [5.74, 6) is 0. The Morgan fingerprint density at radius 1 is 0.486 bits per heavy atom. The van der Waals surface area contributed by atoms with E-state index in [4.69, 9.17) is 11.6 Å². The molecule has 0 bridgehead atoms. The number of hydrogen-bond donors (Lipinski definition) is 0. The Morgan fingerprint density at radius 3 is 1.73 bits per heavy atom. The number of hydrogen-bond acceptors (Lipinski definition) is 0. The lowest BCUT2D eigenvalue weighted by atomic mass is 9.85. The second-order valence-corrected chi connectivity index (χ2v) is 9.33. The fourth-order valence-electron chi connectivity index (χ4n) is 5.08. The maximum Gasteiger partial charge on any atom is 0.416 e. The highest BCUT2D eigenvalue weighted by Gasteiger charge is 2.37. The molecule has 0 fully saturated rings. The van der Waals surface area contributed by atoms with Crippen LogP contribution in [0.1, 0.15) is 11.1 Å². The van der Waals surface area contributed by atoms with E-state index < -0.39 is 23.5 Å². The summed E-state index contributed by atoms with van der Waals surface area (Å²) in [7, 11) is 0. The zero-order chi connectivity index (χ0) is 26.1. The Bertz CT molecular complexity index is 1780. The van der Waals surface area contributed by atoms with Crippen molar-refractivity contribution in [2.75, 3.05) is 0 Å². The lowest BCUT2D eigenvalue weighted by Crippen LogP contribution is -2.11. The molecule has 0 unspecified atom stereocenters. The monoisotopic (exact) mass is 524 g/mol. The molecule has 0 atom stereocenters. The van der Waals surface area contributed by atoms with E-state index in [-0.39, 0.29) is 17.2 Å². The normalized spacial score (nSPS) is 12.7. The second-order valence-electron chi connectivity index (χ2n) is 8.93. The molecule has 0 aliphatic heterocycles. The number of rotatable bonds is 2. The Kier molecular flexibility index (Phi) is 5.18. The molecule has 0 radical (unpaired) electrons. The van der Waals surface area contributed by atoms with E-state index >= 15 is 0 Å². The van der Waals surface area contributed by atoms with Crippen molar-refractivity contribution < 1.29 is 26.3 Å². The lowest BCUT2D eigenvalue weighted by molar-refractivity contribution is -0.143. The third-order valence-electron chi connectivity index (χ3n) is 6.71. The maximum atomic E-state index is 13.7. The van der Waals surface area contributed by atoms with Crippen LogP contribution in [-0.4, -0.2) is 0 Å². The number of halogens is 7. The molecule has 0 aliphatic carbocycles. The second kappa shape index (κ2) is 8.12. The fraction of sp³-hybridized carbons (Fsp3) is 0.0667. The highest BCUT2D eigenvalue weighted by Crippen LogP contribution is 2.46. The van der Waals surface area contributed by atoms with Crippen LogP contribution < -0.4 is 0 Å². The first-order valence-corrected chi connectivity index (χ1v) is 11.7. The van der Waals surface area contributed by atoms with Crippen LogP contribution in [0.3, 0.4) is 0 Å². The predicted octanol–water partition coefficient (Wildman–Crippen LogP) is 10.6. The Balaban J connectivity index is 1.79. The smallest absolute Gasteiger partial charge is 0.166 e. The molecule has 0 saturated carbocycles. The van der Waals surface area contributed by atoms with Crippen LogP contribution in [0.4, 0.5) is 26.3 Å². The van der Waals surface area contributed by atoms with Crippen LogP contribution in [0.2, 0.25) is 5.02 Å². The van der Waals surface area contributed by atoms with Gasteiger partial charge in [-0.1, -0.05) is 72.3 Å². The van der Waals surface area contributed by atoms with Crippen molar-refractivity contribution in [3.8, 4) is 22.3 Å². The quantitative estimate of drug-likeness (QED) is 0.156. The van der Waals surface area contributed by atoms with Crippen molar-refractivity contribution in [3.63, 3.8) is 0 Å². The molecule has 0 nitrogen and oxygen atoms in total. The molecule has 0 aromatic heterocycles. The molecule has 6 aromatic rings. The van der Waals surface area contributed by atoms with Crippen LogP contribution in [0, 0.1) is 0 Å². The van der Waals surface area contributed by atoms with Gasteiger partial charge in [0.15, 0.2) is 0 Å². The van der Waals surface area contributed by atoms with E-state index in [1.807, 2.05) is 42.5 Å². The average Bonchev–Trinajstić information content (AvgIpc) is 2.86. The van der Waals surface area contributed by atoms with Crippen LogP contribution in [0.5, 0.6) is 0 Å². The summed E-state index contributed by atoms with van der Waals surface area (Å²) < 4.78 is 82.1. The Labute approximate surface area is 212 Å². The van der Waals surface area contributed by atoms with E-state index in [1.165, 1.54) is 0 Å². The molecule has 184 valence electrons. The van der Waals surface area contributed by atoms with Crippen molar-refractivity contribution in [3.05, 3.63) is 107 Å². The molecular formula is C30H15ClF6. The highest BCUT2D eigenvalue weighted by molar-refractivity contribution is 6.35. The van der Waals surface area contributed by atoms with Gasteiger partial charge in [-0.05, 0) is 79.3 Å². The molecule has 6 aromatic carbocycles. The Hall–Kier alpha value is -3.77.